The summed E-state index contributed by atoms with van der Waals surface area (Å²) in [6.07, 6.45) is 0. The Bertz CT molecular complexity index is 1360. The van der Waals surface area contributed by atoms with Crippen LogP contribution in [0, 0.1) is 13.8 Å². The van der Waals surface area contributed by atoms with Gasteiger partial charge in [-0.2, -0.15) is 0 Å². The third-order valence-electron chi connectivity index (χ3n) is 5.10. The molecule has 0 saturated carbocycles. The number of nitrogens with zero attached hydrogens (tertiary/aromatic N) is 4. The SMILES string of the molecule is CCn1c(COc2cc(C)ccc2C)nnc1SCC(=O)Nc1nc(-c2ccc(Cl)cc2Cl)cs1. The first-order valence-electron chi connectivity index (χ1n) is 10.8. The van der Waals surface area contributed by atoms with Crippen molar-refractivity contribution in [1.82, 2.24) is 19.7 Å². The lowest BCUT2D eigenvalue weighted by atomic mass is 10.1. The third-order valence-corrected chi connectivity index (χ3v) is 7.37. The van der Waals surface area contributed by atoms with Gasteiger partial charge in [0.2, 0.25) is 5.91 Å². The van der Waals surface area contributed by atoms with Gasteiger partial charge in [-0.3, -0.25) is 4.79 Å². The molecule has 0 saturated heterocycles. The highest BCUT2D eigenvalue weighted by Crippen LogP contribution is 2.32. The molecule has 0 spiro atoms. The second-order valence-electron chi connectivity index (χ2n) is 7.70. The fourth-order valence-electron chi connectivity index (χ4n) is 3.29. The molecule has 0 unspecified atom stereocenters. The van der Waals surface area contributed by atoms with Gasteiger partial charge in [0.15, 0.2) is 16.1 Å². The van der Waals surface area contributed by atoms with Crippen molar-refractivity contribution in [2.24, 2.45) is 0 Å². The molecule has 11 heteroatoms. The van der Waals surface area contributed by atoms with Crippen LogP contribution in [0.4, 0.5) is 5.13 Å². The van der Waals surface area contributed by atoms with Crippen molar-refractivity contribution in [3.63, 3.8) is 0 Å². The van der Waals surface area contributed by atoms with E-state index in [1.807, 2.05) is 42.9 Å². The zero-order valence-electron chi connectivity index (χ0n) is 19.3. The van der Waals surface area contributed by atoms with Gasteiger partial charge in [0.1, 0.15) is 12.4 Å². The summed E-state index contributed by atoms with van der Waals surface area (Å²) in [5, 5.41) is 15.4. The average Bonchev–Trinajstić information content (AvgIpc) is 3.44. The Balaban J connectivity index is 1.35. The molecule has 0 fully saturated rings. The summed E-state index contributed by atoms with van der Waals surface area (Å²) in [4.78, 5) is 17.0. The van der Waals surface area contributed by atoms with Crippen LogP contribution < -0.4 is 10.1 Å². The highest BCUT2D eigenvalue weighted by molar-refractivity contribution is 7.99. The van der Waals surface area contributed by atoms with Gasteiger partial charge in [0.05, 0.1) is 16.5 Å². The number of thiazole rings is 1. The number of carbonyl (C=O) groups is 1. The van der Waals surface area contributed by atoms with Crippen LogP contribution in [0.15, 0.2) is 46.9 Å². The molecular formula is C24H23Cl2N5O2S2. The largest absolute Gasteiger partial charge is 0.485 e. The topological polar surface area (TPSA) is 81.9 Å². The van der Waals surface area contributed by atoms with Crippen LogP contribution in [-0.4, -0.2) is 31.4 Å². The molecule has 0 aliphatic heterocycles. The van der Waals surface area contributed by atoms with Crippen LogP contribution in [-0.2, 0) is 17.9 Å². The lowest BCUT2D eigenvalue weighted by molar-refractivity contribution is -0.113. The van der Waals surface area contributed by atoms with Gasteiger partial charge in [-0.1, -0.05) is 47.1 Å². The maximum Gasteiger partial charge on any atom is 0.236 e. The van der Waals surface area contributed by atoms with E-state index in [9.17, 15) is 4.79 Å². The van der Waals surface area contributed by atoms with Crippen LogP contribution in [0.5, 0.6) is 5.75 Å². The third kappa shape index (κ3) is 6.35. The first-order valence-corrected chi connectivity index (χ1v) is 13.4. The lowest BCUT2D eigenvalue weighted by Gasteiger charge is -2.11. The predicted molar refractivity (Wildman–Crippen MR) is 143 cm³/mol. The maximum atomic E-state index is 12.5. The number of anilines is 1. The molecule has 1 N–H and O–H groups in total. The van der Waals surface area contributed by atoms with E-state index < -0.39 is 0 Å². The van der Waals surface area contributed by atoms with Gasteiger partial charge in [-0.25, -0.2) is 4.98 Å². The maximum absolute atomic E-state index is 12.5. The van der Waals surface area contributed by atoms with Crippen molar-refractivity contribution >= 4 is 57.3 Å². The van der Waals surface area contributed by atoms with Gasteiger partial charge < -0.3 is 14.6 Å². The van der Waals surface area contributed by atoms with E-state index in [2.05, 4.69) is 26.6 Å². The van der Waals surface area contributed by atoms with Crippen molar-refractivity contribution in [2.75, 3.05) is 11.1 Å². The van der Waals surface area contributed by atoms with Gasteiger partial charge in [0.25, 0.3) is 0 Å². The molecule has 0 atom stereocenters. The van der Waals surface area contributed by atoms with Crippen LogP contribution >= 0.6 is 46.3 Å². The lowest BCUT2D eigenvalue weighted by Crippen LogP contribution is -2.14. The number of benzene rings is 2. The highest BCUT2D eigenvalue weighted by Gasteiger charge is 2.16. The van der Waals surface area contributed by atoms with Crippen molar-refractivity contribution in [2.45, 2.75) is 39.1 Å². The summed E-state index contributed by atoms with van der Waals surface area (Å²) in [6, 6.07) is 11.3. The molecule has 0 radical (unpaired) electrons. The Labute approximate surface area is 221 Å². The van der Waals surface area contributed by atoms with E-state index in [1.54, 1.807) is 18.2 Å². The number of halogens is 2. The molecule has 0 aliphatic rings. The molecule has 0 aliphatic carbocycles. The summed E-state index contributed by atoms with van der Waals surface area (Å²) in [5.41, 5.74) is 3.63. The molecule has 4 aromatic rings. The zero-order chi connectivity index (χ0) is 24.9. The molecule has 1 amide bonds. The first kappa shape index (κ1) is 25.5. The van der Waals surface area contributed by atoms with E-state index in [-0.39, 0.29) is 11.7 Å². The normalized spacial score (nSPS) is 11.0. The second-order valence-corrected chi connectivity index (χ2v) is 10.3. The minimum absolute atomic E-state index is 0.173. The van der Waals surface area contributed by atoms with Crippen molar-refractivity contribution < 1.29 is 9.53 Å². The molecule has 2 aromatic heterocycles. The Kier molecular flexibility index (Phi) is 8.33. The predicted octanol–water partition coefficient (Wildman–Crippen LogP) is 6.65. The first-order chi connectivity index (χ1) is 16.8. The minimum Gasteiger partial charge on any atom is -0.485 e. The molecule has 4 rings (SSSR count). The summed E-state index contributed by atoms with van der Waals surface area (Å²) < 4.78 is 7.93. The molecule has 35 heavy (non-hydrogen) atoms. The van der Waals surface area contributed by atoms with Crippen molar-refractivity contribution in [3.8, 4) is 17.0 Å². The van der Waals surface area contributed by atoms with Gasteiger partial charge in [0, 0.05) is 22.5 Å². The number of carbonyl (C=O) groups excluding carboxylic acids is 1. The van der Waals surface area contributed by atoms with E-state index in [4.69, 9.17) is 27.9 Å². The number of ether oxygens (including phenoxy) is 1. The Morgan fingerprint density at radius 2 is 2.00 bits per heavy atom. The second kappa shape index (κ2) is 11.4. The van der Waals surface area contributed by atoms with Crippen LogP contribution in [0.2, 0.25) is 10.0 Å². The summed E-state index contributed by atoms with van der Waals surface area (Å²) >= 11 is 14.9. The van der Waals surface area contributed by atoms with Crippen molar-refractivity contribution in [3.05, 3.63) is 68.8 Å². The van der Waals surface area contributed by atoms with Crippen LogP contribution in [0.1, 0.15) is 23.9 Å². The van der Waals surface area contributed by atoms with Crippen molar-refractivity contribution in [1.29, 1.82) is 0 Å². The molecular weight excluding hydrogens is 525 g/mol. The molecule has 0 bridgehead atoms. The number of aromatic nitrogens is 4. The van der Waals surface area contributed by atoms with Crippen LogP contribution in [0.3, 0.4) is 0 Å². The van der Waals surface area contributed by atoms with E-state index in [0.717, 1.165) is 22.4 Å². The van der Waals surface area contributed by atoms with E-state index in [1.165, 1.54) is 23.1 Å². The summed E-state index contributed by atoms with van der Waals surface area (Å²) in [7, 11) is 0. The van der Waals surface area contributed by atoms with Crippen LogP contribution in [0.25, 0.3) is 11.3 Å². The summed E-state index contributed by atoms with van der Waals surface area (Å²) in [5.74, 6) is 1.52. The quantitative estimate of drug-likeness (QED) is 0.236. The number of amides is 1. The van der Waals surface area contributed by atoms with Gasteiger partial charge in [-0.15, -0.1) is 21.5 Å². The number of hydrogen-bond acceptors (Lipinski definition) is 7. The average molecular weight is 549 g/mol. The standard InChI is InChI=1S/C24H23Cl2N5O2S2/c1-4-31-21(11-33-20-9-14(2)5-6-15(20)3)29-30-24(31)35-13-22(32)28-23-27-19(12-34-23)17-8-7-16(25)10-18(17)26/h5-10,12H,4,11,13H2,1-3H3,(H,27,28,32). The Morgan fingerprint density at radius 3 is 2.77 bits per heavy atom. The fraction of sp³-hybridized carbons (Fsp3) is 0.250. The van der Waals surface area contributed by atoms with Gasteiger partial charge >= 0.3 is 0 Å². The number of aryl methyl sites for hydroxylation is 2. The smallest absolute Gasteiger partial charge is 0.236 e. The Hall–Kier alpha value is -2.59. The fourth-order valence-corrected chi connectivity index (χ4v) is 5.35. The molecule has 182 valence electrons. The molecule has 2 aromatic carbocycles. The van der Waals surface area contributed by atoms with E-state index >= 15 is 0 Å². The zero-order valence-corrected chi connectivity index (χ0v) is 22.5. The molecule has 7 nitrogen and oxygen atoms in total. The molecule has 2 heterocycles. The monoisotopic (exact) mass is 547 g/mol. The number of nitrogens with one attached hydrogen (secondary N) is 1. The number of thioether (sulfide) groups is 1. The van der Waals surface area contributed by atoms with E-state index in [0.29, 0.717) is 45.0 Å². The minimum atomic E-state index is -0.183. The number of hydrogen-bond donors (Lipinski definition) is 1. The number of rotatable bonds is 9. The summed E-state index contributed by atoms with van der Waals surface area (Å²) in [6.45, 7) is 7.01. The highest BCUT2D eigenvalue weighted by atomic mass is 35.5. The Morgan fingerprint density at radius 1 is 1.17 bits per heavy atom. The van der Waals surface area contributed by atoms with Gasteiger partial charge in [-0.05, 0) is 56.2 Å².